The normalized spacial score (nSPS) is 16.3. The van der Waals surface area contributed by atoms with E-state index in [0.717, 1.165) is 18.4 Å². The fraction of sp³-hybridized carbons (Fsp3) is 0.316. The Balaban J connectivity index is 1.82. The van der Waals surface area contributed by atoms with Crippen LogP contribution in [0.4, 0.5) is 4.39 Å². The summed E-state index contributed by atoms with van der Waals surface area (Å²) in [6.07, 6.45) is 1.62. The molecule has 1 saturated heterocycles. The average Bonchev–Trinajstić information content (AvgIpc) is 3.18. The molecule has 0 bridgehead atoms. The Hall–Kier alpha value is -1.96. The van der Waals surface area contributed by atoms with Crippen LogP contribution in [-0.4, -0.2) is 31.7 Å². The van der Waals surface area contributed by atoms with Crippen molar-refractivity contribution in [1.29, 1.82) is 0 Å². The van der Waals surface area contributed by atoms with Crippen LogP contribution < -0.4 is 5.32 Å². The number of halogens is 2. The molecule has 1 aliphatic rings. The molecule has 0 aromatic heterocycles. The highest BCUT2D eigenvalue weighted by atomic mass is 35.5. The lowest BCUT2D eigenvalue weighted by molar-refractivity contribution is 0.0939. The molecule has 0 unspecified atom stereocenters. The molecular formula is C19H20ClFN2O3S. The third-order valence-electron chi connectivity index (χ3n) is 4.59. The maximum atomic E-state index is 13.0. The van der Waals surface area contributed by atoms with Crippen LogP contribution in [0.2, 0.25) is 5.02 Å². The number of hydrogen-bond acceptors (Lipinski definition) is 3. The van der Waals surface area contributed by atoms with E-state index in [1.807, 2.05) is 0 Å². The molecule has 2 aromatic rings. The van der Waals surface area contributed by atoms with E-state index in [2.05, 4.69) is 5.32 Å². The highest BCUT2D eigenvalue weighted by Gasteiger charge is 2.29. The van der Waals surface area contributed by atoms with Gasteiger partial charge in [-0.1, -0.05) is 23.7 Å². The molecule has 1 amide bonds. The summed E-state index contributed by atoms with van der Waals surface area (Å²) in [5.41, 5.74) is 0.940. The number of carbonyl (C=O) groups excluding carboxylic acids is 1. The van der Waals surface area contributed by atoms with Gasteiger partial charge in [0.05, 0.1) is 11.1 Å². The number of benzene rings is 2. The zero-order chi connectivity index (χ0) is 19.6. The Morgan fingerprint density at radius 2 is 1.78 bits per heavy atom. The molecule has 8 heteroatoms. The SMILES string of the molecule is C[C@@H](NC(=O)c1ccc(Cl)c(S(=O)(=O)N2CCCC2)c1)c1ccc(F)cc1. The summed E-state index contributed by atoms with van der Waals surface area (Å²) in [5, 5.41) is 2.87. The van der Waals surface area contributed by atoms with Crippen molar-refractivity contribution < 1.29 is 17.6 Å². The number of amides is 1. The van der Waals surface area contributed by atoms with E-state index < -0.39 is 15.9 Å². The Morgan fingerprint density at radius 1 is 1.15 bits per heavy atom. The number of sulfonamides is 1. The monoisotopic (exact) mass is 410 g/mol. The topological polar surface area (TPSA) is 66.5 Å². The smallest absolute Gasteiger partial charge is 0.251 e. The van der Waals surface area contributed by atoms with Crippen LogP contribution in [-0.2, 0) is 10.0 Å². The van der Waals surface area contributed by atoms with E-state index in [1.54, 1.807) is 19.1 Å². The van der Waals surface area contributed by atoms with E-state index in [9.17, 15) is 17.6 Å². The fourth-order valence-electron chi connectivity index (χ4n) is 3.02. The lowest BCUT2D eigenvalue weighted by atomic mass is 10.1. The van der Waals surface area contributed by atoms with Crippen LogP contribution in [0.25, 0.3) is 0 Å². The van der Waals surface area contributed by atoms with Crippen molar-refractivity contribution in [1.82, 2.24) is 9.62 Å². The van der Waals surface area contributed by atoms with Gasteiger partial charge in [0.2, 0.25) is 10.0 Å². The van der Waals surface area contributed by atoms with E-state index in [4.69, 9.17) is 11.6 Å². The predicted molar refractivity (Wildman–Crippen MR) is 102 cm³/mol. The molecular weight excluding hydrogens is 391 g/mol. The largest absolute Gasteiger partial charge is 0.346 e. The number of nitrogens with one attached hydrogen (secondary N) is 1. The van der Waals surface area contributed by atoms with Gasteiger partial charge >= 0.3 is 0 Å². The van der Waals surface area contributed by atoms with Crippen molar-refractivity contribution in [2.45, 2.75) is 30.7 Å². The lowest BCUT2D eigenvalue weighted by Gasteiger charge is -2.18. The van der Waals surface area contributed by atoms with Crippen molar-refractivity contribution >= 4 is 27.5 Å². The van der Waals surface area contributed by atoms with Crippen LogP contribution in [0, 0.1) is 5.82 Å². The van der Waals surface area contributed by atoms with E-state index in [0.29, 0.717) is 13.1 Å². The first-order valence-corrected chi connectivity index (χ1v) is 10.5. The highest BCUT2D eigenvalue weighted by Crippen LogP contribution is 2.28. The summed E-state index contributed by atoms with van der Waals surface area (Å²) in [7, 11) is -3.73. The summed E-state index contributed by atoms with van der Waals surface area (Å²) in [4.78, 5) is 12.5. The highest BCUT2D eigenvalue weighted by molar-refractivity contribution is 7.89. The zero-order valence-corrected chi connectivity index (χ0v) is 16.4. The minimum atomic E-state index is -3.73. The Kier molecular flexibility index (Phi) is 5.83. The molecule has 1 aliphatic heterocycles. The summed E-state index contributed by atoms with van der Waals surface area (Å²) in [6, 6.07) is 9.66. The molecule has 5 nitrogen and oxygen atoms in total. The molecule has 0 radical (unpaired) electrons. The van der Waals surface area contributed by atoms with E-state index in [-0.39, 0.29) is 27.3 Å². The summed E-state index contributed by atoms with van der Waals surface area (Å²) in [6.45, 7) is 2.68. The van der Waals surface area contributed by atoms with Crippen molar-refractivity contribution in [3.05, 3.63) is 64.4 Å². The van der Waals surface area contributed by atoms with Gasteiger partial charge in [0.15, 0.2) is 0 Å². The van der Waals surface area contributed by atoms with Crippen LogP contribution in [0.3, 0.4) is 0 Å². The van der Waals surface area contributed by atoms with Gasteiger partial charge in [-0.15, -0.1) is 0 Å². The Morgan fingerprint density at radius 3 is 2.41 bits per heavy atom. The third-order valence-corrected chi connectivity index (χ3v) is 6.97. The Bertz CT molecular complexity index is 942. The number of hydrogen-bond donors (Lipinski definition) is 1. The summed E-state index contributed by atoms with van der Waals surface area (Å²) in [5.74, 6) is -0.784. The third kappa shape index (κ3) is 4.31. The van der Waals surface area contributed by atoms with Gasteiger partial charge in [-0.25, -0.2) is 12.8 Å². The van der Waals surface area contributed by atoms with Gasteiger partial charge in [-0.3, -0.25) is 4.79 Å². The van der Waals surface area contributed by atoms with Crippen LogP contribution >= 0.6 is 11.6 Å². The molecule has 1 heterocycles. The van der Waals surface area contributed by atoms with Gasteiger partial charge in [-0.2, -0.15) is 4.31 Å². The van der Waals surface area contributed by atoms with Gasteiger partial charge in [0.25, 0.3) is 5.91 Å². The number of rotatable bonds is 5. The van der Waals surface area contributed by atoms with Crippen LogP contribution in [0.1, 0.15) is 41.7 Å². The van der Waals surface area contributed by atoms with Crippen LogP contribution in [0.5, 0.6) is 0 Å². The van der Waals surface area contributed by atoms with E-state index >= 15 is 0 Å². The van der Waals surface area contributed by atoms with Crippen molar-refractivity contribution in [3.63, 3.8) is 0 Å². The molecule has 27 heavy (non-hydrogen) atoms. The molecule has 0 aliphatic carbocycles. The first kappa shape index (κ1) is 19.8. The number of carbonyl (C=O) groups is 1. The maximum Gasteiger partial charge on any atom is 0.251 e. The quantitative estimate of drug-likeness (QED) is 0.816. The number of nitrogens with zero attached hydrogens (tertiary/aromatic N) is 1. The minimum Gasteiger partial charge on any atom is -0.346 e. The van der Waals surface area contributed by atoms with Crippen molar-refractivity contribution in [3.8, 4) is 0 Å². The van der Waals surface area contributed by atoms with Gasteiger partial charge < -0.3 is 5.32 Å². The van der Waals surface area contributed by atoms with Gasteiger partial charge in [0.1, 0.15) is 10.7 Å². The molecule has 1 N–H and O–H groups in total. The Labute approximate surface area is 163 Å². The van der Waals surface area contributed by atoms with E-state index in [1.165, 1.54) is 34.6 Å². The maximum absolute atomic E-state index is 13.0. The predicted octanol–water partition coefficient (Wildman–Crippen LogP) is 3.75. The van der Waals surface area contributed by atoms with Crippen molar-refractivity contribution in [2.75, 3.05) is 13.1 Å². The second kappa shape index (κ2) is 7.96. The molecule has 0 saturated carbocycles. The molecule has 144 valence electrons. The van der Waals surface area contributed by atoms with Gasteiger partial charge in [0, 0.05) is 18.7 Å². The second-order valence-corrected chi connectivity index (χ2v) is 8.82. The first-order valence-electron chi connectivity index (χ1n) is 8.65. The van der Waals surface area contributed by atoms with Crippen LogP contribution in [0.15, 0.2) is 47.4 Å². The molecule has 1 fully saturated rings. The standard InChI is InChI=1S/C19H20ClFN2O3S/c1-13(14-4-7-16(21)8-5-14)22-19(24)15-6-9-17(20)18(12-15)27(25,26)23-10-2-3-11-23/h4-9,12-13H,2-3,10-11H2,1H3,(H,22,24)/t13-/m1/s1. The zero-order valence-electron chi connectivity index (χ0n) is 14.8. The lowest BCUT2D eigenvalue weighted by Crippen LogP contribution is -2.29. The first-order chi connectivity index (χ1) is 12.8. The molecule has 2 aromatic carbocycles. The molecule has 3 rings (SSSR count). The summed E-state index contributed by atoms with van der Waals surface area (Å²) < 4.78 is 40.0. The van der Waals surface area contributed by atoms with Crippen molar-refractivity contribution in [2.24, 2.45) is 0 Å². The van der Waals surface area contributed by atoms with Gasteiger partial charge in [-0.05, 0) is 55.7 Å². The second-order valence-electron chi connectivity index (χ2n) is 6.50. The minimum absolute atomic E-state index is 0.0619. The average molecular weight is 411 g/mol. The fourth-order valence-corrected chi connectivity index (χ4v) is 5.04. The summed E-state index contributed by atoms with van der Waals surface area (Å²) >= 11 is 6.11. The molecule has 1 atom stereocenters. The molecule has 0 spiro atoms.